The first-order chi connectivity index (χ1) is 8.56. The van der Waals surface area contributed by atoms with Crippen molar-refractivity contribution >= 4 is 6.09 Å². The monoisotopic (exact) mass is 255 g/mol. The molecule has 0 spiro atoms. The van der Waals surface area contributed by atoms with Crippen molar-refractivity contribution in [1.29, 1.82) is 0 Å². The Morgan fingerprint density at radius 1 is 1.50 bits per heavy atom. The number of ether oxygens (including phenoxy) is 1. The summed E-state index contributed by atoms with van der Waals surface area (Å²) in [6, 6.07) is 5.86. The molecule has 1 aromatic carbocycles. The van der Waals surface area contributed by atoms with Crippen LogP contribution in [0.4, 0.5) is 9.18 Å². The zero-order chi connectivity index (χ0) is 13.5. The highest BCUT2D eigenvalue weighted by Gasteiger charge is 2.22. The fourth-order valence-electron chi connectivity index (χ4n) is 1.47. The molecule has 0 aliphatic carbocycles. The van der Waals surface area contributed by atoms with Gasteiger partial charge in [-0.2, -0.15) is 0 Å². The van der Waals surface area contributed by atoms with E-state index in [0.717, 1.165) is 6.42 Å². The molecular weight excluding hydrogens is 237 g/mol. The summed E-state index contributed by atoms with van der Waals surface area (Å²) >= 11 is 0. The minimum Gasteiger partial charge on any atom is -0.443 e. The number of rotatable bonds is 5. The molecule has 0 aliphatic rings. The standard InChI is InChI=1S/C13H18FNO3/c1-3-8-15-13(17)18-9(2)12(16)10-6-4-5-7-11(10)14/h4-7,9,12,16H,3,8H2,1-2H3,(H,15,17)/t9-,12+/m0/s1. The first-order valence-corrected chi connectivity index (χ1v) is 5.93. The second kappa shape index (κ2) is 6.96. The van der Waals surface area contributed by atoms with E-state index >= 15 is 0 Å². The second-order valence-electron chi connectivity index (χ2n) is 4.00. The molecule has 0 heterocycles. The Hall–Kier alpha value is -1.62. The highest BCUT2D eigenvalue weighted by molar-refractivity contribution is 5.67. The number of amides is 1. The zero-order valence-electron chi connectivity index (χ0n) is 10.5. The smallest absolute Gasteiger partial charge is 0.407 e. The lowest BCUT2D eigenvalue weighted by Gasteiger charge is -2.20. The van der Waals surface area contributed by atoms with Crippen LogP contribution in [0, 0.1) is 5.82 Å². The molecular formula is C13H18FNO3. The maximum Gasteiger partial charge on any atom is 0.407 e. The number of nitrogens with one attached hydrogen (secondary N) is 1. The van der Waals surface area contributed by atoms with Gasteiger partial charge in [0, 0.05) is 12.1 Å². The molecule has 4 nitrogen and oxygen atoms in total. The summed E-state index contributed by atoms with van der Waals surface area (Å²) < 4.78 is 18.4. The van der Waals surface area contributed by atoms with E-state index in [1.54, 1.807) is 6.07 Å². The van der Waals surface area contributed by atoms with Crippen LogP contribution in [0.2, 0.25) is 0 Å². The van der Waals surface area contributed by atoms with Crippen LogP contribution in [0.25, 0.3) is 0 Å². The topological polar surface area (TPSA) is 58.6 Å². The number of alkyl carbamates (subject to hydrolysis) is 1. The van der Waals surface area contributed by atoms with Crippen LogP contribution < -0.4 is 5.32 Å². The van der Waals surface area contributed by atoms with Crippen LogP contribution in [-0.4, -0.2) is 23.8 Å². The normalized spacial score (nSPS) is 13.8. The van der Waals surface area contributed by atoms with Crippen LogP contribution in [0.1, 0.15) is 31.9 Å². The van der Waals surface area contributed by atoms with Crippen LogP contribution in [-0.2, 0) is 4.74 Å². The Labute approximate surface area is 106 Å². The van der Waals surface area contributed by atoms with Gasteiger partial charge in [-0.05, 0) is 19.4 Å². The molecule has 0 saturated carbocycles. The SMILES string of the molecule is CCCNC(=O)O[C@@H](C)[C@@H](O)c1ccccc1F. The third kappa shape index (κ3) is 4.00. The number of aliphatic hydroxyl groups is 1. The predicted octanol–water partition coefficient (Wildman–Crippen LogP) is 2.38. The van der Waals surface area contributed by atoms with Gasteiger partial charge in [0.25, 0.3) is 0 Å². The van der Waals surface area contributed by atoms with Crippen LogP contribution >= 0.6 is 0 Å². The fraction of sp³-hybridized carbons (Fsp3) is 0.462. The fourth-order valence-corrected chi connectivity index (χ4v) is 1.47. The van der Waals surface area contributed by atoms with E-state index in [1.165, 1.54) is 25.1 Å². The van der Waals surface area contributed by atoms with E-state index in [9.17, 15) is 14.3 Å². The lowest BCUT2D eigenvalue weighted by Crippen LogP contribution is -2.31. The number of hydrogen-bond donors (Lipinski definition) is 2. The number of halogens is 1. The molecule has 0 fully saturated rings. The quantitative estimate of drug-likeness (QED) is 0.849. The summed E-state index contributed by atoms with van der Waals surface area (Å²) in [5.74, 6) is -0.519. The van der Waals surface area contributed by atoms with Crippen molar-refractivity contribution in [3.8, 4) is 0 Å². The van der Waals surface area contributed by atoms with Gasteiger partial charge < -0.3 is 15.2 Å². The van der Waals surface area contributed by atoms with E-state index in [0.29, 0.717) is 6.54 Å². The number of carbonyl (C=O) groups is 1. The Morgan fingerprint density at radius 2 is 2.17 bits per heavy atom. The van der Waals surface area contributed by atoms with Gasteiger partial charge in [-0.3, -0.25) is 0 Å². The average molecular weight is 255 g/mol. The third-order valence-electron chi connectivity index (χ3n) is 2.48. The summed E-state index contributed by atoms with van der Waals surface area (Å²) in [5.41, 5.74) is 0.119. The first kappa shape index (κ1) is 14.4. The van der Waals surface area contributed by atoms with Crippen molar-refractivity contribution in [2.24, 2.45) is 0 Å². The van der Waals surface area contributed by atoms with Gasteiger partial charge in [-0.15, -0.1) is 0 Å². The van der Waals surface area contributed by atoms with Crippen molar-refractivity contribution in [1.82, 2.24) is 5.32 Å². The van der Waals surface area contributed by atoms with E-state index < -0.39 is 24.1 Å². The van der Waals surface area contributed by atoms with Gasteiger partial charge >= 0.3 is 6.09 Å². The molecule has 0 saturated heterocycles. The number of hydrogen-bond acceptors (Lipinski definition) is 3. The molecule has 0 aromatic heterocycles. The van der Waals surface area contributed by atoms with E-state index in [-0.39, 0.29) is 5.56 Å². The maximum absolute atomic E-state index is 13.4. The van der Waals surface area contributed by atoms with Crippen molar-refractivity contribution < 1.29 is 19.0 Å². The zero-order valence-corrected chi connectivity index (χ0v) is 10.5. The van der Waals surface area contributed by atoms with Crippen molar-refractivity contribution in [2.75, 3.05) is 6.54 Å². The van der Waals surface area contributed by atoms with Gasteiger partial charge in [-0.25, -0.2) is 9.18 Å². The first-order valence-electron chi connectivity index (χ1n) is 5.93. The summed E-state index contributed by atoms with van der Waals surface area (Å²) in [7, 11) is 0. The number of benzene rings is 1. The number of carbonyl (C=O) groups excluding carboxylic acids is 1. The van der Waals surface area contributed by atoms with Crippen molar-refractivity contribution in [2.45, 2.75) is 32.5 Å². The molecule has 1 amide bonds. The molecule has 0 bridgehead atoms. The third-order valence-corrected chi connectivity index (χ3v) is 2.48. The highest BCUT2D eigenvalue weighted by atomic mass is 19.1. The summed E-state index contributed by atoms with van der Waals surface area (Å²) in [6.07, 6.45) is -1.82. The van der Waals surface area contributed by atoms with Crippen LogP contribution in [0.3, 0.4) is 0 Å². The molecule has 1 aromatic rings. The van der Waals surface area contributed by atoms with E-state index in [2.05, 4.69) is 5.32 Å². The lowest BCUT2D eigenvalue weighted by molar-refractivity contribution is 0.0102. The van der Waals surface area contributed by atoms with Gasteiger partial charge in [-0.1, -0.05) is 25.1 Å². The second-order valence-corrected chi connectivity index (χ2v) is 4.00. The van der Waals surface area contributed by atoms with Gasteiger partial charge in [0.15, 0.2) is 0 Å². The van der Waals surface area contributed by atoms with E-state index in [1.807, 2.05) is 6.92 Å². The van der Waals surface area contributed by atoms with Crippen LogP contribution in [0.5, 0.6) is 0 Å². The molecule has 0 aliphatic heterocycles. The largest absolute Gasteiger partial charge is 0.443 e. The van der Waals surface area contributed by atoms with Crippen LogP contribution in [0.15, 0.2) is 24.3 Å². The minimum absolute atomic E-state index is 0.119. The van der Waals surface area contributed by atoms with Gasteiger partial charge in [0.1, 0.15) is 18.0 Å². The van der Waals surface area contributed by atoms with E-state index in [4.69, 9.17) is 4.74 Å². The summed E-state index contributed by atoms with van der Waals surface area (Å²) in [4.78, 5) is 11.3. The Bertz CT molecular complexity index is 398. The molecule has 2 atom stereocenters. The van der Waals surface area contributed by atoms with Gasteiger partial charge in [0.2, 0.25) is 0 Å². The molecule has 2 N–H and O–H groups in total. The summed E-state index contributed by atoms with van der Waals surface area (Å²) in [5, 5.41) is 12.4. The Kier molecular flexibility index (Phi) is 5.58. The maximum atomic E-state index is 13.4. The Morgan fingerprint density at radius 3 is 2.78 bits per heavy atom. The average Bonchev–Trinajstić information content (AvgIpc) is 2.36. The van der Waals surface area contributed by atoms with Crippen molar-refractivity contribution in [3.05, 3.63) is 35.6 Å². The lowest BCUT2D eigenvalue weighted by atomic mass is 10.1. The predicted molar refractivity (Wildman–Crippen MR) is 65.6 cm³/mol. The highest BCUT2D eigenvalue weighted by Crippen LogP contribution is 2.21. The summed E-state index contributed by atoms with van der Waals surface area (Å²) in [6.45, 7) is 3.93. The molecule has 1 rings (SSSR count). The molecule has 18 heavy (non-hydrogen) atoms. The number of aliphatic hydroxyl groups excluding tert-OH is 1. The minimum atomic E-state index is -1.18. The molecule has 100 valence electrons. The molecule has 0 radical (unpaired) electrons. The van der Waals surface area contributed by atoms with Crippen molar-refractivity contribution in [3.63, 3.8) is 0 Å². The van der Waals surface area contributed by atoms with Gasteiger partial charge in [0.05, 0.1) is 0 Å². The molecule has 5 heteroatoms. The molecule has 0 unspecified atom stereocenters. The Balaban J connectivity index is 2.59.